The van der Waals surface area contributed by atoms with Crippen LogP contribution < -0.4 is 0 Å². The lowest BCUT2D eigenvalue weighted by Crippen LogP contribution is -2.39. The van der Waals surface area contributed by atoms with Crippen LogP contribution in [-0.2, 0) is 19.5 Å². The van der Waals surface area contributed by atoms with Crippen molar-refractivity contribution in [1.29, 1.82) is 0 Å². The first-order chi connectivity index (χ1) is 14.5. The van der Waals surface area contributed by atoms with Crippen molar-refractivity contribution in [1.82, 2.24) is 24.2 Å². The summed E-state index contributed by atoms with van der Waals surface area (Å²) in [4.78, 5) is 19.2. The third-order valence-electron chi connectivity index (χ3n) is 5.95. The molecule has 3 aromatic rings. The minimum atomic E-state index is -0.218. The van der Waals surface area contributed by atoms with Gasteiger partial charge in [-0.3, -0.25) is 9.48 Å². The van der Waals surface area contributed by atoms with Gasteiger partial charge in [0.05, 0.1) is 0 Å². The number of carbonyl (C=O) groups excluding carboxylic acids is 1. The maximum atomic E-state index is 13.2. The third-order valence-corrected chi connectivity index (χ3v) is 5.95. The summed E-state index contributed by atoms with van der Waals surface area (Å²) < 4.78 is 17.2. The van der Waals surface area contributed by atoms with E-state index in [-0.39, 0.29) is 11.7 Å². The first-order valence-corrected chi connectivity index (χ1v) is 10.6. The van der Waals surface area contributed by atoms with Crippen LogP contribution in [0.15, 0.2) is 42.7 Å². The number of amides is 1. The molecule has 0 N–H and O–H groups in total. The van der Waals surface area contributed by atoms with E-state index in [2.05, 4.69) is 21.6 Å². The summed E-state index contributed by atoms with van der Waals surface area (Å²) in [6.07, 6.45) is 6.57. The van der Waals surface area contributed by atoms with Crippen molar-refractivity contribution in [3.8, 4) is 0 Å². The van der Waals surface area contributed by atoms with Gasteiger partial charge in [0.2, 0.25) is 0 Å². The van der Waals surface area contributed by atoms with Crippen molar-refractivity contribution in [2.75, 3.05) is 13.1 Å². The molecule has 0 spiro atoms. The fraction of sp³-hybridized carbons (Fsp3) is 0.435. The van der Waals surface area contributed by atoms with E-state index in [0.29, 0.717) is 18.2 Å². The van der Waals surface area contributed by atoms with E-state index in [1.807, 2.05) is 36.4 Å². The van der Waals surface area contributed by atoms with Crippen molar-refractivity contribution in [3.63, 3.8) is 0 Å². The molecular formula is C23H28FN5O. The molecule has 1 aliphatic heterocycles. The number of halogens is 1. The van der Waals surface area contributed by atoms with Gasteiger partial charge in [0.25, 0.3) is 5.91 Å². The SMILES string of the molecule is CCn1ccc(C(=O)N2CCC(Cc3ncc(C)n3Cc3ccc(F)cc3)CC2)n1. The van der Waals surface area contributed by atoms with Gasteiger partial charge in [-0.15, -0.1) is 0 Å². The molecular weight excluding hydrogens is 381 g/mol. The number of benzene rings is 1. The highest BCUT2D eigenvalue weighted by molar-refractivity contribution is 5.92. The zero-order chi connectivity index (χ0) is 21.1. The highest BCUT2D eigenvalue weighted by Gasteiger charge is 2.26. The molecule has 1 aliphatic rings. The summed E-state index contributed by atoms with van der Waals surface area (Å²) in [5.41, 5.74) is 2.69. The monoisotopic (exact) mass is 409 g/mol. The average Bonchev–Trinajstić information content (AvgIpc) is 3.38. The van der Waals surface area contributed by atoms with Gasteiger partial charge in [0.1, 0.15) is 17.3 Å². The van der Waals surface area contributed by atoms with Crippen LogP contribution in [0.3, 0.4) is 0 Å². The zero-order valence-corrected chi connectivity index (χ0v) is 17.6. The minimum absolute atomic E-state index is 0.0225. The van der Waals surface area contributed by atoms with Crippen molar-refractivity contribution in [2.24, 2.45) is 5.92 Å². The number of carbonyl (C=O) groups is 1. The standard InChI is InChI=1S/C23H28FN5O/c1-3-28-13-10-21(26-28)23(30)27-11-8-18(9-12-27)14-22-25-15-17(2)29(22)16-19-4-6-20(24)7-5-19/h4-7,10,13,15,18H,3,8-9,11-12,14,16H2,1-2H3. The molecule has 1 amide bonds. The number of aryl methyl sites for hydroxylation is 2. The predicted octanol–water partition coefficient (Wildman–Crippen LogP) is 3.69. The molecule has 3 heterocycles. The van der Waals surface area contributed by atoms with Crippen molar-refractivity contribution >= 4 is 5.91 Å². The van der Waals surface area contributed by atoms with Crippen LogP contribution in [0.4, 0.5) is 4.39 Å². The number of likely N-dealkylation sites (tertiary alicyclic amines) is 1. The Morgan fingerprint density at radius 1 is 1.17 bits per heavy atom. The molecule has 0 aliphatic carbocycles. The number of piperidine rings is 1. The lowest BCUT2D eigenvalue weighted by molar-refractivity contribution is 0.0682. The lowest BCUT2D eigenvalue weighted by Gasteiger charge is -2.31. The average molecular weight is 410 g/mol. The first kappa shape index (κ1) is 20.3. The molecule has 0 saturated carbocycles. The zero-order valence-electron chi connectivity index (χ0n) is 17.6. The van der Waals surface area contributed by atoms with Gasteiger partial charge in [0.15, 0.2) is 0 Å². The van der Waals surface area contributed by atoms with Crippen LogP contribution in [0.1, 0.15) is 47.3 Å². The summed E-state index contributed by atoms with van der Waals surface area (Å²) in [7, 11) is 0. The lowest BCUT2D eigenvalue weighted by atomic mass is 9.93. The Morgan fingerprint density at radius 2 is 1.90 bits per heavy atom. The minimum Gasteiger partial charge on any atom is -0.337 e. The molecule has 158 valence electrons. The second kappa shape index (κ2) is 8.81. The van der Waals surface area contributed by atoms with E-state index in [1.165, 1.54) is 12.1 Å². The molecule has 2 aromatic heterocycles. The van der Waals surface area contributed by atoms with Gasteiger partial charge in [-0.2, -0.15) is 5.10 Å². The molecule has 0 radical (unpaired) electrons. The van der Waals surface area contributed by atoms with Crippen LogP contribution in [0.25, 0.3) is 0 Å². The van der Waals surface area contributed by atoms with Crippen LogP contribution in [0, 0.1) is 18.7 Å². The van der Waals surface area contributed by atoms with Gasteiger partial charge in [-0.05, 0) is 56.4 Å². The van der Waals surface area contributed by atoms with E-state index >= 15 is 0 Å². The van der Waals surface area contributed by atoms with Gasteiger partial charge in [-0.25, -0.2) is 9.37 Å². The number of rotatable bonds is 6. The van der Waals surface area contributed by atoms with Crippen molar-refractivity contribution < 1.29 is 9.18 Å². The van der Waals surface area contributed by atoms with Crippen LogP contribution in [-0.4, -0.2) is 43.2 Å². The Kier molecular flexibility index (Phi) is 5.97. The smallest absolute Gasteiger partial charge is 0.274 e. The Morgan fingerprint density at radius 3 is 2.57 bits per heavy atom. The fourth-order valence-corrected chi connectivity index (χ4v) is 4.07. The van der Waals surface area contributed by atoms with E-state index in [1.54, 1.807) is 10.7 Å². The Balaban J connectivity index is 1.36. The van der Waals surface area contributed by atoms with E-state index < -0.39 is 0 Å². The van der Waals surface area contributed by atoms with Crippen LogP contribution in [0.2, 0.25) is 0 Å². The number of aromatic nitrogens is 4. The summed E-state index contributed by atoms with van der Waals surface area (Å²) in [6, 6.07) is 8.44. The maximum absolute atomic E-state index is 13.2. The number of imidazole rings is 1. The topological polar surface area (TPSA) is 56.0 Å². The number of hydrogen-bond donors (Lipinski definition) is 0. The molecule has 4 rings (SSSR count). The summed E-state index contributed by atoms with van der Waals surface area (Å²) >= 11 is 0. The normalized spacial score (nSPS) is 15.0. The highest BCUT2D eigenvalue weighted by Crippen LogP contribution is 2.23. The molecule has 7 heteroatoms. The summed E-state index contributed by atoms with van der Waals surface area (Å²) in [6.45, 7) is 7.02. The Hall–Kier alpha value is -2.96. The van der Waals surface area contributed by atoms with Crippen molar-refractivity contribution in [3.05, 3.63) is 71.3 Å². The summed E-state index contributed by atoms with van der Waals surface area (Å²) in [5, 5.41) is 4.34. The number of hydrogen-bond acceptors (Lipinski definition) is 3. The molecule has 30 heavy (non-hydrogen) atoms. The molecule has 1 saturated heterocycles. The van der Waals surface area contributed by atoms with Gasteiger partial charge >= 0.3 is 0 Å². The van der Waals surface area contributed by atoms with E-state index in [4.69, 9.17) is 0 Å². The van der Waals surface area contributed by atoms with E-state index in [0.717, 1.165) is 56.0 Å². The molecule has 1 aromatic carbocycles. The maximum Gasteiger partial charge on any atom is 0.274 e. The van der Waals surface area contributed by atoms with Crippen LogP contribution in [0.5, 0.6) is 0 Å². The predicted molar refractivity (Wildman–Crippen MR) is 113 cm³/mol. The second-order valence-electron chi connectivity index (χ2n) is 8.02. The fourth-order valence-electron chi connectivity index (χ4n) is 4.07. The van der Waals surface area contributed by atoms with Gasteiger partial charge in [0, 0.05) is 50.7 Å². The van der Waals surface area contributed by atoms with Gasteiger partial charge < -0.3 is 9.47 Å². The first-order valence-electron chi connectivity index (χ1n) is 10.6. The molecule has 0 atom stereocenters. The molecule has 0 unspecified atom stereocenters. The highest BCUT2D eigenvalue weighted by atomic mass is 19.1. The largest absolute Gasteiger partial charge is 0.337 e. The summed E-state index contributed by atoms with van der Waals surface area (Å²) in [5.74, 6) is 1.36. The number of nitrogens with zero attached hydrogens (tertiary/aromatic N) is 5. The van der Waals surface area contributed by atoms with Crippen molar-refractivity contribution in [2.45, 2.75) is 46.2 Å². The second-order valence-corrected chi connectivity index (χ2v) is 8.02. The van der Waals surface area contributed by atoms with Gasteiger partial charge in [-0.1, -0.05) is 12.1 Å². The molecule has 0 bridgehead atoms. The van der Waals surface area contributed by atoms with Crippen LogP contribution >= 0.6 is 0 Å². The Labute approximate surface area is 176 Å². The third kappa shape index (κ3) is 4.45. The van der Waals surface area contributed by atoms with E-state index in [9.17, 15) is 9.18 Å². The quantitative estimate of drug-likeness (QED) is 0.624. The molecule has 1 fully saturated rings. The Bertz CT molecular complexity index is 999. The molecule has 6 nitrogen and oxygen atoms in total.